The molecule has 194 valence electrons. The van der Waals surface area contributed by atoms with Crippen LogP contribution in [0.15, 0.2) is 78.9 Å². The lowest BCUT2D eigenvalue weighted by molar-refractivity contribution is -0.147. The number of hydrogen-bond acceptors (Lipinski definition) is 5. The number of aryl methyl sites for hydroxylation is 1. The van der Waals surface area contributed by atoms with Crippen LogP contribution in [0.2, 0.25) is 0 Å². The molecule has 0 aromatic heterocycles. The molecule has 1 heterocycles. The van der Waals surface area contributed by atoms with Crippen LogP contribution >= 0.6 is 0 Å². The van der Waals surface area contributed by atoms with Crippen LogP contribution in [0.3, 0.4) is 0 Å². The first-order valence-electron chi connectivity index (χ1n) is 12.6. The SMILES string of the molecule is COCCN(C(=O)CN1C(=O)c2ccccc2C1=O)[C@@]1(C(=O)Nc2ccccc2)CCc2ccccc2C1. The zero-order chi connectivity index (χ0) is 26.7. The standard InChI is InChI=1S/C30H29N3O5/c1-38-18-17-33(26(34)20-32-27(35)24-13-7-8-14-25(24)28(32)36)30(29(37)31-23-11-3-2-4-12-23)16-15-21-9-5-6-10-22(21)19-30/h2-14H,15-20H2,1H3,(H,31,37)/t30-/m0/s1. The summed E-state index contributed by atoms with van der Waals surface area (Å²) in [7, 11) is 1.53. The van der Waals surface area contributed by atoms with Gasteiger partial charge >= 0.3 is 0 Å². The van der Waals surface area contributed by atoms with Crippen molar-refractivity contribution in [1.82, 2.24) is 9.80 Å². The largest absolute Gasteiger partial charge is 0.383 e. The summed E-state index contributed by atoms with van der Waals surface area (Å²) in [4.78, 5) is 56.5. The van der Waals surface area contributed by atoms with E-state index in [-0.39, 0.29) is 30.2 Å². The normalized spacial score (nSPS) is 18.1. The van der Waals surface area contributed by atoms with E-state index in [1.807, 2.05) is 42.5 Å². The lowest BCUT2D eigenvalue weighted by atomic mass is 9.75. The van der Waals surface area contributed by atoms with E-state index >= 15 is 0 Å². The predicted molar refractivity (Wildman–Crippen MR) is 142 cm³/mol. The number of nitrogens with zero attached hydrogens (tertiary/aromatic N) is 2. The van der Waals surface area contributed by atoms with Gasteiger partial charge in [-0.15, -0.1) is 0 Å². The molecule has 0 bridgehead atoms. The molecule has 0 fully saturated rings. The van der Waals surface area contributed by atoms with E-state index in [2.05, 4.69) is 5.32 Å². The summed E-state index contributed by atoms with van der Waals surface area (Å²) < 4.78 is 5.32. The van der Waals surface area contributed by atoms with E-state index in [1.165, 1.54) is 12.0 Å². The van der Waals surface area contributed by atoms with Crippen molar-refractivity contribution < 1.29 is 23.9 Å². The zero-order valence-corrected chi connectivity index (χ0v) is 21.2. The van der Waals surface area contributed by atoms with E-state index in [1.54, 1.807) is 36.4 Å². The Kier molecular flexibility index (Phi) is 7.07. The number of anilines is 1. The minimum absolute atomic E-state index is 0.128. The van der Waals surface area contributed by atoms with Gasteiger partial charge in [0.15, 0.2) is 0 Å². The maximum atomic E-state index is 14.1. The Labute approximate surface area is 221 Å². The quantitative estimate of drug-likeness (QED) is 0.468. The molecule has 0 saturated carbocycles. The minimum Gasteiger partial charge on any atom is -0.383 e. The van der Waals surface area contributed by atoms with Crippen LogP contribution in [0.5, 0.6) is 0 Å². The Morgan fingerprint density at radius 2 is 1.50 bits per heavy atom. The van der Waals surface area contributed by atoms with Crippen LogP contribution in [0, 0.1) is 0 Å². The van der Waals surface area contributed by atoms with Crippen LogP contribution in [-0.2, 0) is 27.2 Å². The second kappa shape index (κ2) is 10.6. The maximum Gasteiger partial charge on any atom is 0.262 e. The van der Waals surface area contributed by atoms with E-state index < -0.39 is 29.8 Å². The topological polar surface area (TPSA) is 96.0 Å². The van der Waals surface area contributed by atoms with Gasteiger partial charge in [0.25, 0.3) is 17.7 Å². The molecule has 8 heteroatoms. The van der Waals surface area contributed by atoms with Gasteiger partial charge in [-0.1, -0.05) is 54.6 Å². The summed E-state index contributed by atoms with van der Waals surface area (Å²) >= 11 is 0. The first-order valence-corrected chi connectivity index (χ1v) is 12.6. The number of methoxy groups -OCH3 is 1. The average molecular weight is 512 g/mol. The summed E-state index contributed by atoms with van der Waals surface area (Å²) in [6.45, 7) is -0.142. The Bertz CT molecular complexity index is 1350. The average Bonchev–Trinajstić information content (AvgIpc) is 3.18. The van der Waals surface area contributed by atoms with Gasteiger partial charge in [0.05, 0.1) is 17.7 Å². The van der Waals surface area contributed by atoms with Crippen molar-refractivity contribution >= 4 is 29.3 Å². The molecule has 0 unspecified atom stereocenters. The van der Waals surface area contributed by atoms with Crippen molar-refractivity contribution in [2.45, 2.75) is 24.8 Å². The molecule has 1 aliphatic carbocycles. The summed E-state index contributed by atoms with van der Waals surface area (Å²) in [5, 5.41) is 3.00. The molecule has 1 atom stereocenters. The lowest BCUT2D eigenvalue weighted by Gasteiger charge is -2.45. The van der Waals surface area contributed by atoms with Crippen molar-refractivity contribution in [3.05, 3.63) is 101 Å². The second-order valence-electron chi connectivity index (χ2n) is 9.58. The number of carbonyl (C=O) groups is 4. The molecular weight excluding hydrogens is 482 g/mol. The third-order valence-electron chi connectivity index (χ3n) is 7.37. The minimum atomic E-state index is -1.24. The maximum absolute atomic E-state index is 14.1. The fourth-order valence-electron chi connectivity index (χ4n) is 5.40. The molecule has 3 aromatic carbocycles. The molecule has 8 nitrogen and oxygen atoms in total. The molecule has 5 rings (SSSR count). The van der Waals surface area contributed by atoms with Crippen molar-refractivity contribution in [3.8, 4) is 0 Å². The lowest BCUT2D eigenvalue weighted by Crippen LogP contribution is -2.64. The monoisotopic (exact) mass is 511 g/mol. The van der Waals surface area contributed by atoms with Crippen LogP contribution in [-0.4, -0.2) is 65.8 Å². The number of imide groups is 1. The molecule has 0 radical (unpaired) electrons. The molecule has 0 saturated heterocycles. The molecular formula is C30H29N3O5. The molecule has 38 heavy (non-hydrogen) atoms. The number of para-hydroxylation sites is 1. The second-order valence-corrected chi connectivity index (χ2v) is 9.58. The zero-order valence-electron chi connectivity index (χ0n) is 21.2. The molecule has 4 amide bonds. The van der Waals surface area contributed by atoms with Gasteiger partial charge in [-0.3, -0.25) is 24.1 Å². The number of rotatable bonds is 8. The van der Waals surface area contributed by atoms with Gasteiger partial charge in [-0.05, 0) is 48.2 Å². The summed E-state index contributed by atoms with van der Waals surface area (Å²) in [5.41, 5.74) is 2.05. The summed E-state index contributed by atoms with van der Waals surface area (Å²) in [5.74, 6) is -1.82. The van der Waals surface area contributed by atoms with E-state index in [4.69, 9.17) is 4.74 Å². The van der Waals surface area contributed by atoms with Crippen LogP contribution in [0.1, 0.15) is 38.3 Å². The smallest absolute Gasteiger partial charge is 0.262 e. The Morgan fingerprint density at radius 1 is 0.895 bits per heavy atom. The molecule has 0 spiro atoms. The van der Waals surface area contributed by atoms with Crippen molar-refractivity contribution in [2.24, 2.45) is 0 Å². The van der Waals surface area contributed by atoms with Gasteiger partial charge in [-0.25, -0.2) is 0 Å². The number of amides is 4. The number of ether oxygens (including phenoxy) is 1. The van der Waals surface area contributed by atoms with Gasteiger partial charge in [-0.2, -0.15) is 0 Å². The number of carbonyl (C=O) groups excluding carboxylic acids is 4. The van der Waals surface area contributed by atoms with E-state index in [0.717, 1.165) is 16.0 Å². The fraction of sp³-hybridized carbons (Fsp3) is 0.267. The van der Waals surface area contributed by atoms with Gasteiger partial charge < -0.3 is 15.0 Å². The fourth-order valence-corrected chi connectivity index (χ4v) is 5.40. The van der Waals surface area contributed by atoms with Crippen LogP contribution < -0.4 is 5.32 Å². The Morgan fingerprint density at radius 3 is 2.16 bits per heavy atom. The van der Waals surface area contributed by atoms with E-state index in [9.17, 15) is 19.2 Å². The number of benzene rings is 3. The first kappa shape index (κ1) is 25.4. The predicted octanol–water partition coefficient (Wildman–Crippen LogP) is 3.32. The third kappa shape index (κ3) is 4.59. The highest BCUT2D eigenvalue weighted by atomic mass is 16.5. The number of hydrogen-bond donors (Lipinski definition) is 1. The Hall–Kier alpha value is -4.30. The highest BCUT2D eigenvalue weighted by molar-refractivity contribution is 6.22. The molecule has 2 aliphatic rings. The Balaban J connectivity index is 1.50. The number of nitrogens with one attached hydrogen (secondary N) is 1. The van der Waals surface area contributed by atoms with Crippen LogP contribution in [0.25, 0.3) is 0 Å². The van der Waals surface area contributed by atoms with Gasteiger partial charge in [0.2, 0.25) is 5.91 Å². The first-order chi connectivity index (χ1) is 18.4. The molecule has 3 aromatic rings. The van der Waals surface area contributed by atoms with Crippen molar-refractivity contribution in [1.29, 1.82) is 0 Å². The highest BCUT2D eigenvalue weighted by Gasteiger charge is 2.49. The van der Waals surface area contributed by atoms with Crippen LogP contribution in [0.4, 0.5) is 5.69 Å². The molecule has 1 N–H and O–H groups in total. The van der Waals surface area contributed by atoms with Gasteiger partial charge in [0, 0.05) is 25.8 Å². The number of fused-ring (bicyclic) bond motifs is 2. The van der Waals surface area contributed by atoms with Gasteiger partial charge in [0.1, 0.15) is 12.1 Å². The van der Waals surface area contributed by atoms with Crippen molar-refractivity contribution in [3.63, 3.8) is 0 Å². The third-order valence-corrected chi connectivity index (χ3v) is 7.37. The summed E-state index contributed by atoms with van der Waals surface area (Å²) in [6, 6.07) is 23.5. The van der Waals surface area contributed by atoms with E-state index in [0.29, 0.717) is 24.9 Å². The highest BCUT2D eigenvalue weighted by Crippen LogP contribution is 2.35. The van der Waals surface area contributed by atoms with Crippen molar-refractivity contribution in [2.75, 3.05) is 32.1 Å². The molecule has 1 aliphatic heterocycles. The summed E-state index contributed by atoms with van der Waals surface area (Å²) in [6.07, 6.45) is 1.29.